The van der Waals surface area contributed by atoms with Gasteiger partial charge in [-0.25, -0.2) is 0 Å². The van der Waals surface area contributed by atoms with Crippen molar-refractivity contribution in [2.75, 3.05) is 0 Å². The Kier molecular flexibility index (Phi) is 2.09. The Bertz CT molecular complexity index is 335. The molecule has 0 aromatic heterocycles. The smallest absolute Gasteiger partial charge is 0.0329 e. The monoisotopic (exact) mass is 195 g/mol. The van der Waals surface area contributed by atoms with Crippen LogP contribution in [0.2, 0.25) is 0 Å². The van der Waals surface area contributed by atoms with Gasteiger partial charge in [0.25, 0.3) is 0 Å². The van der Waals surface area contributed by atoms with Crippen molar-refractivity contribution in [3.8, 4) is 0 Å². The maximum Gasteiger partial charge on any atom is 0.0329 e. The highest BCUT2D eigenvalue weighted by molar-refractivity contribution is 5.85. The average molecular weight is 196 g/mol. The molecule has 0 saturated carbocycles. The van der Waals surface area contributed by atoms with Crippen LogP contribution in [0, 0.1) is 6.92 Å². The number of hydrogen-bond donors (Lipinski definition) is 1. The quantitative estimate of drug-likeness (QED) is 0.672. The van der Waals surface area contributed by atoms with Gasteiger partial charge in [-0.3, -0.25) is 0 Å². The average Bonchev–Trinajstić information content (AvgIpc) is 2.63. The molecule has 2 bridgehead atoms. The molecule has 1 saturated heterocycles. The normalized spacial score (nSPS) is 28.4. The molecule has 1 N–H and O–H groups in total. The van der Waals surface area contributed by atoms with Crippen LogP contribution in [0.1, 0.15) is 41.6 Å². The van der Waals surface area contributed by atoms with Crippen LogP contribution in [-0.4, -0.2) is 0 Å². The summed E-state index contributed by atoms with van der Waals surface area (Å²) in [5.74, 6) is 0. The molecule has 3 rings (SSSR count). The van der Waals surface area contributed by atoms with Crippen molar-refractivity contribution in [3.05, 3.63) is 34.9 Å². The molecule has 2 heteroatoms. The molecule has 0 amide bonds. The number of benzene rings is 1. The van der Waals surface area contributed by atoms with Crippen LogP contribution in [-0.2, 0) is 0 Å². The fraction of sp³-hybridized carbons (Fsp3) is 0.455. The summed E-state index contributed by atoms with van der Waals surface area (Å²) in [4.78, 5) is 0. The zero-order valence-electron chi connectivity index (χ0n) is 7.71. The molecule has 0 radical (unpaired) electrons. The van der Waals surface area contributed by atoms with Gasteiger partial charge in [0.1, 0.15) is 0 Å². The number of hydrogen-bond acceptors (Lipinski definition) is 1. The SMILES string of the molecule is Cc1ccc2c(c1)C1CCC2N1.Cl. The van der Waals surface area contributed by atoms with Crippen LogP contribution in [0.5, 0.6) is 0 Å². The second kappa shape index (κ2) is 3.00. The summed E-state index contributed by atoms with van der Waals surface area (Å²) in [6.45, 7) is 2.17. The van der Waals surface area contributed by atoms with Crippen LogP contribution < -0.4 is 5.32 Å². The second-order valence-corrected chi connectivity index (χ2v) is 3.98. The van der Waals surface area contributed by atoms with E-state index in [9.17, 15) is 0 Å². The summed E-state index contributed by atoms with van der Waals surface area (Å²) in [6, 6.07) is 8.20. The maximum absolute atomic E-state index is 3.62. The van der Waals surface area contributed by atoms with Crippen LogP contribution in [0.15, 0.2) is 18.2 Å². The molecule has 2 atom stereocenters. The van der Waals surface area contributed by atoms with E-state index in [1.54, 1.807) is 11.1 Å². The summed E-state index contributed by atoms with van der Waals surface area (Å²) >= 11 is 0. The first kappa shape index (κ1) is 9.04. The highest BCUT2D eigenvalue weighted by Crippen LogP contribution is 2.44. The predicted molar refractivity (Wildman–Crippen MR) is 56.3 cm³/mol. The lowest BCUT2D eigenvalue weighted by Crippen LogP contribution is -2.05. The van der Waals surface area contributed by atoms with Crippen molar-refractivity contribution in [2.24, 2.45) is 0 Å². The van der Waals surface area contributed by atoms with Gasteiger partial charge in [-0.2, -0.15) is 0 Å². The molecule has 2 unspecified atom stereocenters. The predicted octanol–water partition coefficient (Wildman–Crippen LogP) is 2.90. The Morgan fingerprint density at radius 1 is 1.15 bits per heavy atom. The van der Waals surface area contributed by atoms with Crippen molar-refractivity contribution in [2.45, 2.75) is 31.8 Å². The van der Waals surface area contributed by atoms with Gasteiger partial charge in [-0.15, -0.1) is 12.4 Å². The first-order valence-electron chi connectivity index (χ1n) is 4.71. The summed E-state index contributed by atoms with van der Waals surface area (Å²) in [5, 5.41) is 3.62. The standard InChI is InChI=1S/C11H13N.ClH/c1-7-2-3-8-9(6-7)11-5-4-10(8)12-11;/h2-3,6,10-12H,4-5H2,1H3;1H. The minimum atomic E-state index is 0. The lowest BCUT2D eigenvalue weighted by Gasteiger charge is -2.12. The lowest BCUT2D eigenvalue weighted by molar-refractivity contribution is 0.639. The molecule has 13 heavy (non-hydrogen) atoms. The fourth-order valence-electron chi connectivity index (χ4n) is 2.55. The third kappa shape index (κ3) is 1.18. The molecule has 2 heterocycles. The molecular formula is C11H14ClN. The third-order valence-corrected chi connectivity index (χ3v) is 3.14. The second-order valence-electron chi connectivity index (χ2n) is 3.98. The van der Waals surface area contributed by atoms with E-state index in [0.29, 0.717) is 12.1 Å². The van der Waals surface area contributed by atoms with Crippen molar-refractivity contribution in [3.63, 3.8) is 0 Å². The Labute approximate surface area is 84.9 Å². The van der Waals surface area contributed by atoms with Gasteiger partial charge in [-0.1, -0.05) is 23.8 Å². The maximum atomic E-state index is 3.62. The summed E-state index contributed by atoms with van der Waals surface area (Å²) in [6.07, 6.45) is 2.67. The van der Waals surface area contributed by atoms with E-state index in [0.717, 1.165) is 0 Å². The van der Waals surface area contributed by atoms with Gasteiger partial charge >= 0.3 is 0 Å². The third-order valence-electron chi connectivity index (χ3n) is 3.14. The number of fused-ring (bicyclic) bond motifs is 5. The summed E-state index contributed by atoms with van der Waals surface area (Å²) in [5.41, 5.74) is 4.51. The molecule has 1 aromatic rings. The molecule has 0 spiro atoms. The molecule has 1 nitrogen and oxygen atoms in total. The van der Waals surface area contributed by atoms with Crippen LogP contribution in [0.3, 0.4) is 0 Å². The van der Waals surface area contributed by atoms with Crippen LogP contribution >= 0.6 is 12.4 Å². The van der Waals surface area contributed by atoms with E-state index < -0.39 is 0 Å². The number of nitrogens with one attached hydrogen (secondary N) is 1. The molecule has 1 fully saturated rings. The van der Waals surface area contributed by atoms with Crippen molar-refractivity contribution >= 4 is 12.4 Å². The fourth-order valence-corrected chi connectivity index (χ4v) is 2.55. The van der Waals surface area contributed by atoms with Gasteiger partial charge in [0.05, 0.1) is 0 Å². The van der Waals surface area contributed by atoms with E-state index >= 15 is 0 Å². The summed E-state index contributed by atoms with van der Waals surface area (Å²) < 4.78 is 0. The molecule has 0 aliphatic carbocycles. The Morgan fingerprint density at radius 3 is 2.62 bits per heavy atom. The minimum absolute atomic E-state index is 0. The van der Waals surface area contributed by atoms with E-state index in [1.807, 2.05) is 0 Å². The Morgan fingerprint density at radius 2 is 1.85 bits per heavy atom. The first-order chi connectivity index (χ1) is 5.84. The van der Waals surface area contributed by atoms with Crippen LogP contribution in [0.25, 0.3) is 0 Å². The van der Waals surface area contributed by atoms with E-state index in [4.69, 9.17) is 0 Å². The first-order valence-corrected chi connectivity index (χ1v) is 4.71. The Hall–Kier alpha value is -0.530. The Balaban J connectivity index is 0.000000653. The summed E-state index contributed by atoms with van der Waals surface area (Å²) in [7, 11) is 0. The molecule has 70 valence electrons. The highest BCUT2D eigenvalue weighted by atomic mass is 35.5. The van der Waals surface area contributed by atoms with Gasteiger partial charge in [-0.05, 0) is 30.9 Å². The topological polar surface area (TPSA) is 12.0 Å². The van der Waals surface area contributed by atoms with Gasteiger partial charge in [0.15, 0.2) is 0 Å². The molecule has 2 aliphatic heterocycles. The molecule has 1 aromatic carbocycles. The van der Waals surface area contributed by atoms with Crippen molar-refractivity contribution in [1.82, 2.24) is 5.32 Å². The van der Waals surface area contributed by atoms with Crippen molar-refractivity contribution < 1.29 is 0 Å². The van der Waals surface area contributed by atoms with E-state index in [-0.39, 0.29) is 12.4 Å². The molecule has 2 aliphatic rings. The van der Waals surface area contributed by atoms with Gasteiger partial charge < -0.3 is 5.32 Å². The van der Waals surface area contributed by atoms with Crippen molar-refractivity contribution in [1.29, 1.82) is 0 Å². The lowest BCUT2D eigenvalue weighted by atomic mass is 9.91. The zero-order valence-corrected chi connectivity index (χ0v) is 8.53. The number of aryl methyl sites for hydroxylation is 1. The van der Waals surface area contributed by atoms with Gasteiger partial charge in [0.2, 0.25) is 0 Å². The van der Waals surface area contributed by atoms with Gasteiger partial charge in [0, 0.05) is 12.1 Å². The van der Waals surface area contributed by atoms with E-state index in [2.05, 4.69) is 30.4 Å². The molecular weight excluding hydrogens is 182 g/mol. The van der Waals surface area contributed by atoms with Crippen LogP contribution in [0.4, 0.5) is 0 Å². The number of rotatable bonds is 0. The zero-order chi connectivity index (χ0) is 8.13. The highest BCUT2D eigenvalue weighted by Gasteiger charge is 2.35. The van der Waals surface area contributed by atoms with E-state index in [1.165, 1.54) is 18.4 Å². The largest absolute Gasteiger partial charge is 0.303 e. The minimum Gasteiger partial charge on any atom is -0.303 e. The number of halogens is 1.